The van der Waals surface area contributed by atoms with Crippen LogP contribution in [0.3, 0.4) is 0 Å². The molecule has 148 valence electrons. The summed E-state index contributed by atoms with van der Waals surface area (Å²) < 4.78 is 18.2. The molecule has 2 heterocycles. The average molecular weight is 384 g/mol. The molecule has 28 heavy (non-hydrogen) atoms. The molecule has 1 atom stereocenters. The topological polar surface area (TPSA) is 84.5 Å². The molecule has 1 aromatic carbocycles. The van der Waals surface area contributed by atoms with E-state index in [-0.39, 0.29) is 6.61 Å². The van der Waals surface area contributed by atoms with Gasteiger partial charge in [-0.2, -0.15) is 0 Å². The molecular weight excluding hydrogens is 359 g/mol. The number of rotatable bonds is 6. The van der Waals surface area contributed by atoms with Gasteiger partial charge in [-0.25, -0.2) is 14.4 Å². The Bertz CT molecular complexity index is 1010. The normalized spacial score (nSPS) is 12.2. The minimum Gasteiger partial charge on any atom is -0.487 e. The van der Waals surface area contributed by atoms with Crippen LogP contribution in [-0.2, 0) is 0 Å². The Balaban J connectivity index is 2.10. The highest BCUT2D eigenvalue weighted by atomic mass is 19.1. The molecule has 0 aliphatic carbocycles. The molecule has 3 aromatic rings. The number of fused-ring (bicyclic) bond motifs is 1. The van der Waals surface area contributed by atoms with Gasteiger partial charge in [0.05, 0.1) is 11.2 Å². The van der Waals surface area contributed by atoms with Gasteiger partial charge in [0.1, 0.15) is 19.4 Å². The average Bonchev–Trinajstić information content (AvgIpc) is 2.68. The van der Waals surface area contributed by atoms with Crippen molar-refractivity contribution in [2.45, 2.75) is 20.0 Å². The number of nitrogen functional groups attached to an aromatic ring is 1. The van der Waals surface area contributed by atoms with Crippen LogP contribution in [0.4, 0.5) is 15.9 Å². The van der Waals surface area contributed by atoms with Gasteiger partial charge < -0.3 is 20.5 Å². The molecule has 2 aromatic heterocycles. The number of hydrogen-bond donors (Lipinski definition) is 2. The Morgan fingerprint density at radius 3 is 2.64 bits per heavy atom. The van der Waals surface area contributed by atoms with Gasteiger partial charge in [-0.1, -0.05) is 0 Å². The fraction of sp³-hybridized carbons (Fsp3) is 0.333. The van der Waals surface area contributed by atoms with E-state index in [1.807, 2.05) is 52.2 Å². The van der Waals surface area contributed by atoms with E-state index in [9.17, 15) is 9.50 Å². The van der Waals surface area contributed by atoms with Crippen LogP contribution >= 0.6 is 0 Å². The van der Waals surface area contributed by atoms with Crippen molar-refractivity contribution in [1.82, 2.24) is 9.97 Å². The van der Waals surface area contributed by atoms with E-state index < -0.39 is 12.8 Å². The van der Waals surface area contributed by atoms with Crippen LogP contribution in [0, 0.1) is 13.8 Å². The van der Waals surface area contributed by atoms with Crippen LogP contribution in [0.5, 0.6) is 5.75 Å². The summed E-state index contributed by atoms with van der Waals surface area (Å²) >= 11 is 0. The van der Waals surface area contributed by atoms with Gasteiger partial charge in [-0.05, 0) is 49.2 Å². The highest BCUT2D eigenvalue weighted by Crippen LogP contribution is 2.34. The smallest absolute Gasteiger partial charge is 0.170 e. The summed E-state index contributed by atoms with van der Waals surface area (Å²) in [5.74, 6) is 1.06. The largest absolute Gasteiger partial charge is 0.487 e. The molecule has 0 spiro atoms. The number of aliphatic hydroxyl groups excluding tert-OH is 1. The molecule has 1 unspecified atom stereocenters. The predicted octanol–water partition coefficient (Wildman–Crippen LogP) is 3.27. The number of nitrogens with zero attached hydrogens (tertiary/aromatic N) is 3. The second-order valence-electron chi connectivity index (χ2n) is 7.05. The molecule has 0 fully saturated rings. The number of aromatic nitrogens is 2. The molecule has 0 saturated carbocycles. The van der Waals surface area contributed by atoms with Crippen molar-refractivity contribution in [2.75, 3.05) is 38.0 Å². The van der Waals surface area contributed by atoms with E-state index in [1.54, 1.807) is 11.1 Å². The van der Waals surface area contributed by atoms with Gasteiger partial charge in [0.2, 0.25) is 0 Å². The maximum Gasteiger partial charge on any atom is 0.170 e. The summed E-state index contributed by atoms with van der Waals surface area (Å²) in [5.41, 5.74) is 11.2. The zero-order valence-electron chi connectivity index (χ0n) is 16.5. The van der Waals surface area contributed by atoms with Gasteiger partial charge in [0.15, 0.2) is 11.6 Å². The first kappa shape index (κ1) is 19.8. The Hall–Kier alpha value is -2.93. The van der Waals surface area contributed by atoms with Crippen LogP contribution in [0.1, 0.15) is 11.1 Å². The maximum absolute atomic E-state index is 12.6. The molecule has 0 bridgehead atoms. The summed E-state index contributed by atoms with van der Waals surface area (Å²) in [6.07, 6.45) is 0.568. The molecule has 0 amide bonds. The van der Waals surface area contributed by atoms with E-state index in [2.05, 4.69) is 4.98 Å². The second-order valence-corrected chi connectivity index (χ2v) is 7.05. The van der Waals surface area contributed by atoms with Gasteiger partial charge in [0, 0.05) is 36.9 Å². The van der Waals surface area contributed by atoms with Crippen molar-refractivity contribution >= 4 is 22.4 Å². The van der Waals surface area contributed by atoms with E-state index in [4.69, 9.17) is 15.5 Å². The SMILES string of the molecule is Cc1c(-c2cnc(N(C)C)c(OCC(O)CF)c2)nc2ccc(N)cc2c1C. The lowest BCUT2D eigenvalue weighted by Crippen LogP contribution is -2.21. The zero-order chi connectivity index (χ0) is 20.4. The van der Waals surface area contributed by atoms with Crippen molar-refractivity contribution in [3.63, 3.8) is 0 Å². The number of aliphatic hydroxyl groups is 1. The van der Waals surface area contributed by atoms with E-state index in [0.717, 1.165) is 33.3 Å². The monoisotopic (exact) mass is 384 g/mol. The first-order valence-corrected chi connectivity index (χ1v) is 9.02. The predicted molar refractivity (Wildman–Crippen MR) is 111 cm³/mol. The van der Waals surface area contributed by atoms with Crippen LogP contribution in [0.15, 0.2) is 30.5 Å². The first-order valence-electron chi connectivity index (χ1n) is 9.02. The van der Waals surface area contributed by atoms with E-state index in [0.29, 0.717) is 17.3 Å². The second kappa shape index (κ2) is 7.98. The number of benzene rings is 1. The summed E-state index contributed by atoms with van der Waals surface area (Å²) in [7, 11) is 3.68. The third-order valence-corrected chi connectivity index (χ3v) is 4.71. The van der Waals surface area contributed by atoms with Gasteiger partial charge in [-0.15, -0.1) is 0 Å². The van der Waals surface area contributed by atoms with Crippen molar-refractivity contribution in [2.24, 2.45) is 0 Å². The molecular formula is C21H25FN4O2. The molecule has 0 saturated heterocycles. The lowest BCUT2D eigenvalue weighted by Gasteiger charge is -2.19. The number of pyridine rings is 2. The van der Waals surface area contributed by atoms with Crippen LogP contribution in [-0.4, -0.2) is 48.6 Å². The third-order valence-electron chi connectivity index (χ3n) is 4.71. The minimum absolute atomic E-state index is 0.148. The van der Waals surface area contributed by atoms with Crippen molar-refractivity contribution in [3.05, 3.63) is 41.6 Å². The summed E-state index contributed by atoms with van der Waals surface area (Å²) in [6.45, 7) is 3.04. The lowest BCUT2D eigenvalue weighted by molar-refractivity contribution is 0.0843. The fourth-order valence-corrected chi connectivity index (χ4v) is 3.06. The van der Waals surface area contributed by atoms with Crippen molar-refractivity contribution in [1.29, 1.82) is 0 Å². The number of halogens is 1. The number of anilines is 2. The van der Waals surface area contributed by atoms with Gasteiger partial charge in [0.25, 0.3) is 0 Å². The van der Waals surface area contributed by atoms with Crippen LogP contribution < -0.4 is 15.4 Å². The molecule has 0 aliphatic heterocycles. The summed E-state index contributed by atoms with van der Waals surface area (Å²) in [4.78, 5) is 11.1. The standard InChI is InChI=1S/C21H25FN4O2/c1-12-13(2)20(25-18-6-5-15(23)8-17(12)18)14-7-19(28-11-16(27)9-22)21(24-10-14)26(3)4/h5-8,10,16,27H,9,11,23H2,1-4H3. The summed E-state index contributed by atoms with van der Waals surface area (Å²) in [5, 5.41) is 10.5. The molecule has 0 radical (unpaired) electrons. The minimum atomic E-state index is -1.17. The molecule has 3 N–H and O–H groups in total. The number of alkyl halides is 1. The number of hydrogen-bond acceptors (Lipinski definition) is 6. The highest BCUT2D eigenvalue weighted by molar-refractivity contribution is 5.89. The zero-order valence-corrected chi connectivity index (χ0v) is 16.5. The van der Waals surface area contributed by atoms with Gasteiger partial charge >= 0.3 is 0 Å². The lowest BCUT2D eigenvalue weighted by atomic mass is 9.99. The van der Waals surface area contributed by atoms with Gasteiger partial charge in [-0.3, -0.25) is 0 Å². The first-order chi connectivity index (χ1) is 13.3. The Morgan fingerprint density at radius 2 is 1.96 bits per heavy atom. The molecule has 6 nitrogen and oxygen atoms in total. The van der Waals surface area contributed by atoms with Crippen LogP contribution in [0.25, 0.3) is 22.2 Å². The van der Waals surface area contributed by atoms with E-state index in [1.165, 1.54) is 0 Å². The van der Waals surface area contributed by atoms with E-state index >= 15 is 0 Å². The number of aryl methyl sites for hydroxylation is 1. The highest BCUT2D eigenvalue weighted by Gasteiger charge is 2.16. The summed E-state index contributed by atoms with van der Waals surface area (Å²) in [6, 6.07) is 7.48. The Morgan fingerprint density at radius 1 is 1.21 bits per heavy atom. The molecule has 0 aliphatic rings. The Labute approximate surface area is 163 Å². The maximum atomic E-state index is 12.6. The quantitative estimate of drug-likeness (QED) is 0.635. The number of ether oxygens (including phenoxy) is 1. The van der Waals surface area contributed by atoms with Crippen LogP contribution in [0.2, 0.25) is 0 Å². The van der Waals surface area contributed by atoms with Crippen molar-refractivity contribution < 1.29 is 14.2 Å². The fourth-order valence-electron chi connectivity index (χ4n) is 3.06. The number of nitrogens with two attached hydrogens (primary N) is 1. The third kappa shape index (κ3) is 3.84. The Kier molecular flexibility index (Phi) is 5.65. The molecule has 3 rings (SSSR count). The van der Waals surface area contributed by atoms with Crippen molar-refractivity contribution in [3.8, 4) is 17.0 Å². The molecule has 7 heteroatoms.